The molecule has 0 saturated carbocycles. The number of carbonyl (C=O) groups excluding carboxylic acids is 2. The van der Waals surface area contributed by atoms with Crippen molar-refractivity contribution in [3.05, 3.63) is 48.4 Å². The Kier molecular flexibility index (Phi) is 6.26. The van der Waals surface area contributed by atoms with Crippen LogP contribution < -0.4 is 15.0 Å². The van der Waals surface area contributed by atoms with E-state index in [1.54, 1.807) is 6.26 Å². The molecule has 0 bridgehead atoms. The molecule has 3 amide bonds. The maximum atomic E-state index is 13.2. The Balaban J connectivity index is 1.30. The second kappa shape index (κ2) is 9.24. The zero-order valence-electron chi connectivity index (χ0n) is 17.4. The lowest BCUT2D eigenvalue weighted by Crippen LogP contribution is -2.52. The van der Waals surface area contributed by atoms with Crippen LogP contribution in [0.4, 0.5) is 10.5 Å². The first-order chi connectivity index (χ1) is 14.7. The molecule has 0 unspecified atom stereocenters. The summed E-state index contributed by atoms with van der Waals surface area (Å²) in [5, 5.41) is 3.00. The quantitative estimate of drug-likeness (QED) is 0.818. The number of likely N-dealkylation sites (tertiary alicyclic amines) is 1. The maximum absolute atomic E-state index is 13.2. The number of nitrogens with one attached hydrogen (secondary N) is 1. The Morgan fingerprint density at radius 2 is 1.93 bits per heavy atom. The number of benzene rings is 1. The van der Waals surface area contributed by atoms with E-state index in [2.05, 4.69) is 12.2 Å². The Hall–Kier alpha value is -2.96. The molecule has 2 aliphatic heterocycles. The topological polar surface area (TPSA) is 75.0 Å². The van der Waals surface area contributed by atoms with Gasteiger partial charge in [-0.3, -0.25) is 9.69 Å². The monoisotopic (exact) mass is 411 g/mol. The maximum Gasteiger partial charge on any atom is 0.324 e. The third kappa shape index (κ3) is 4.45. The smallest absolute Gasteiger partial charge is 0.324 e. The van der Waals surface area contributed by atoms with Crippen LogP contribution in [0.25, 0.3) is 0 Å². The molecule has 7 heteroatoms. The largest absolute Gasteiger partial charge is 0.486 e. The molecule has 1 saturated heterocycles. The number of hydrogen-bond donors (Lipinski definition) is 1. The lowest BCUT2D eigenvalue weighted by molar-refractivity contribution is -0.126. The van der Waals surface area contributed by atoms with Crippen LogP contribution in [0.5, 0.6) is 5.75 Å². The first-order valence-electron chi connectivity index (χ1n) is 10.8. The van der Waals surface area contributed by atoms with Crippen molar-refractivity contribution in [2.75, 3.05) is 31.1 Å². The highest BCUT2D eigenvalue weighted by molar-refractivity contribution is 5.94. The second-order valence-corrected chi connectivity index (χ2v) is 7.89. The number of nitrogens with zero attached hydrogens (tertiary/aromatic N) is 2. The molecule has 2 aliphatic rings. The summed E-state index contributed by atoms with van der Waals surface area (Å²) in [7, 11) is 0. The van der Waals surface area contributed by atoms with Crippen LogP contribution in [0.3, 0.4) is 0 Å². The lowest BCUT2D eigenvalue weighted by Gasteiger charge is -2.39. The van der Waals surface area contributed by atoms with Gasteiger partial charge in [-0.1, -0.05) is 19.1 Å². The van der Waals surface area contributed by atoms with Gasteiger partial charge < -0.3 is 19.4 Å². The summed E-state index contributed by atoms with van der Waals surface area (Å²) in [6.45, 7) is 4.36. The predicted molar refractivity (Wildman–Crippen MR) is 114 cm³/mol. The van der Waals surface area contributed by atoms with Gasteiger partial charge in [0.2, 0.25) is 5.91 Å². The molecular weight excluding hydrogens is 382 g/mol. The Labute approximate surface area is 177 Å². The molecule has 0 radical (unpaired) electrons. The molecular formula is C23H29N3O4. The molecule has 1 aromatic carbocycles. The average Bonchev–Trinajstić information content (AvgIpc) is 3.31. The Bertz CT molecular complexity index is 859. The molecule has 7 nitrogen and oxygen atoms in total. The van der Waals surface area contributed by atoms with Crippen molar-refractivity contribution in [1.29, 1.82) is 0 Å². The van der Waals surface area contributed by atoms with Gasteiger partial charge in [0, 0.05) is 32.0 Å². The van der Waals surface area contributed by atoms with Crippen molar-refractivity contribution in [3.63, 3.8) is 0 Å². The fourth-order valence-electron chi connectivity index (χ4n) is 4.10. The number of piperidine rings is 1. The highest BCUT2D eigenvalue weighted by atomic mass is 16.5. The fraction of sp³-hybridized carbons (Fsp3) is 0.478. The van der Waals surface area contributed by atoms with E-state index < -0.39 is 0 Å². The zero-order chi connectivity index (χ0) is 20.9. The molecule has 30 heavy (non-hydrogen) atoms. The van der Waals surface area contributed by atoms with Gasteiger partial charge >= 0.3 is 6.03 Å². The van der Waals surface area contributed by atoms with Crippen molar-refractivity contribution in [2.24, 2.45) is 5.92 Å². The predicted octanol–water partition coefficient (Wildman–Crippen LogP) is 3.45. The first-order valence-corrected chi connectivity index (χ1v) is 10.8. The third-order valence-corrected chi connectivity index (χ3v) is 5.91. The third-order valence-electron chi connectivity index (χ3n) is 5.91. The number of furan rings is 1. The lowest BCUT2D eigenvalue weighted by atomic mass is 9.96. The van der Waals surface area contributed by atoms with Crippen LogP contribution in [-0.2, 0) is 11.2 Å². The van der Waals surface area contributed by atoms with Crippen LogP contribution in [0.15, 0.2) is 47.1 Å². The van der Waals surface area contributed by atoms with Crippen LogP contribution >= 0.6 is 0 Å². The number of para-hydroxylation sites is 2. The van der Waals surface area contributed by atoms with E-state index >= 15 is 0 Å². The van der Waals surface area contributed by atoms with Crippen LogP contribution in [0.2, 0.25) is 0 Å². The van der Waals surface area contributed by atoms with Crippen molar-refractivity contribution < 1.29 is 18.7 Å². The van der Waals surface area contributed by atoms with Crippen LogP contribution in [0.1, 0.15) is 31.9 Å². The molecule has 4 rings (SSSR count). The van der Waals surface area contributed by atoms with Crippen molar-refractivity contribution in [2.45, 2.75) is 38.7 Å². The van der Waals surface area contributed by atoms with Gasteiger partial charge in [-0.25, -0.2) is 4.79 Å². The van der Waals surface area contributed by atoms with Crippen molar-refractivity contribution in [1.82, 2.24) is 10.2 Å². The SMILES string of the molecule is CC[C@H]1CN(C(=O)N2CCC(C(=O)NCCc3ccco3)CC2)c2ccccc2O1. The summed E-state index contributed by atoms with van der Waals surface area (Å²) >= 11 is 0. The van der Waals surface area contributed by atoms with Gasteiger partial charge in [-0.2, -0.15) is 0 Å². The summed E-state index contributed by atoms with van der Waals surface area (Å²) in [5.41, 5.74) is 0.824. The average molecular weight is 412 g/mol. The number of rotatable bonds is 5. The molecule has 0 aliphatic carbocycles. The van der Waals surface area contributed by atoms with Crippen LogP contribution in [-0.4, -0.2) is 49.1 Å². The van der Waals surface area contributed by atoms with Gasteiger partial charge in [-0.05, 0) is 43.5 Å². The fourth-order valence-corrected chi connectivity index (χ4v) is 4.10. The highest BCUT2D eigenvalue weighted by Crippen LogP contribution is 2.35. The summed E-state index contributed by atoms with van der Waals surface area (Å²) in [5.74, 6) is 1.64. The van der Waals surface area contributed by atoms with E-state index in [9.17, 15) is 9.59 Å². The van der Waals surface area contributed by atoms with E-state index in [4.69, 9.17) is 9.15 Å². The number of ether oxygens (including phenoxy) is 1. The first kappa shape index (κ1) is 20.3. The van der Waals surface area contributed by atoms with E-state index in [0.717, 1.165) is 23.6 Å². The summed E-state index contributed by atoms with van der Waals surface area (Å²) in [6, 6.07) is 11.4. The number of fused-ring (bicyclic) bond motifs is 1. The van der Waals surface area contributed by atoms with Gasteiger partial charge in [-0.15, -0.1) is 0 Å². The van der Waals surface area contributed by atoms with Gasteiger partial charge in [0.1, 0.15) is 17.6 Å². The minimum atomic E-state index is -0.0500. The summed E-state index contributed by atoms with van der Waals surface area (Å²) < 4.78 is 11.3. The number of carbonyl (C=O) groups is 2. The van der Waals surface area contributed by atoms with E-state index in [1.165, 1.54) is 0 Å². The summed E-state index contributed by atoms with van der Waals surface area (Å²) in [6.07, 6.45) is 4.53. The van der Waals surface area contributed by atoms with E-state index in [-0.39, 0.29) is 24.0 Å². The number of hydrogen-bond acceptors (Lipinski definition) is 4. The van der Waals surface area contributed by atoms with Crippen molar-refractivity contribution >= 4 is 17.6 Å². The standard InChI is InChI=1S/C23H29N3O4/c1-2-18-16-26(20-7-3-4-8-21(20)30-18)23(28)25-13-10-17(11-14-25)22(27)24-12-9-19-6-5-15-29-19/h3-8,15,17-18H,2,9-14,16H2,1H3,(H,24,27)/t18-/m0/s1. The van der Waals surface area contributed by atoms with Gasteiger partial charge in [0.15, 0.2) is 0 Å². The normalized spacial score (nSPS) is 19.2. The van der Waals surface area contributed by atoms with Gasteiger partial charge in [0.05, 0.1) is 18.5 Å². The molecule has 1 atom stereocenters. The Morgan fingerprint density at radius 3 is 2.67 bits per heavy atom. The van der Waals surface area contributed by atoms with E-state index in [0.29, 0.717) is 45.4 Å². The zero-order valence-corrected chi connectivity index (χ0v) is 17.4. The van der Waals surface area contributed by atoms with E-state index in [1.807, 2.05) is 46.2 Å². The summed E-state index contributed by atoms with van der Waals surface area (Å²) in [4.78, 5) is 29.4. The highest BCUT2D eigenvalue weighted by Gasteiger charge is 2.34. The molecule has 2 aromatic rings. The van der Waals surface area contributed by atoms with Crippen LogP contribution in [0, 0.1) is 5.92 Å². The van der Waals surface area contributed by atoms with Crippen molar-refractivity contribution in [3.8, 4) is 5.75 Å². The minimum absolute atomic E-state index is 0.000813. The minimum Gasteiger partial charge on any atom is -0.486 e. The molecule has 3 heterocycles. The van der Waals surface area contributed by atoms with Gasteiger partial charge in [0.25, 0.3) is 0 Å². The molecule has 1 aromatic heterocycles. The second-order valence-electron chi connectivity index (χ2n) is 7.89. The Morgan fingerprint density at radius 1 is 1.13 bits per heavy atom. The molecule has 1 N–H and O–H groups in total. The number of anilines is 1. The molecule has 1 fully saturated rings. The number of urea groups is 1. The molecule has 160 valence electrons. The molecule has 0 spiro atoms. The number of amides is 3.